The van der Waals surface area contributed by atoms with E-state index in [0.29, 0.717) is 5.92 Å². The van der Waals surface area contributed by atoms with Gasteiger partial charge >= 0.3 is 0 Å². The molecule has 0 amide bonds. The SMILES string of the molecule is CC(C)CCCN1CCC(C(C)O)C1. The molecule has 1 aliphatic rings. The molecule has 2 unspecified atom stereocenters. The molecule has 1 saturated heterocycles. The molecular weight excluding hydrogens is 174 g/mol. The minimum Gasteiger partial charge on any atom is -0.393 e. The maximum Gasteiger partial charge on any atom is 0.0552 e. The van der Waals surface area contributed by atoms with E-state index in [1.54, 1.807) is 0 Å². The first-order valence-electron chi connectivity index (χ1n) is 6.00. The molecule has 0 aromatic rings. The average molecular weight is 199 g/mol. The summed E-state index contributed by atoms with van der Waals surface area (Å²) in [5.41, 5.74) is 0. The van der Waals surface area contributed by atoms with Crippen LogP contribution in [-0.2, 0) is 0 Å². The zero-order chi connectivity index (χ0) is 10.6. The number of aliphatic hydroxyl groups excluding tert-OH is 1. The summed E-state index contributed by atoms with van der Waals surface area (Å²) in [6.07, 6.45) is 3.70. The van der Waals surface area contributed by atoms with Crippen molar-refractivity contribution in [3.63, 3.8) is 0 Å². The van der Waals surface area contributed by atoms with Gasteiger partial charge in [0.1, 0.15) is 0 Å². The minimum absolute atomic E-state index is 0.120. The Morgan fingerprint density at radius 2 is 2.07 bits per heavy atom. The molecule has 2 heteroatoms. The van der Waals surface area contributed by atoms with Gasteiger partial charge in [0.2, 0.25) is 0 Å². The molecule has 0 aliphatic carbocycles. The lowest BCUT2D eigenvalue weighted by Crippen LogP contribution is -2.25. The van der Waals surface area contributed by atoms with Crippen LogP contribution in [0.5, 0.6) is 0 Å². The summed E-state index contributed by atoms with van der Waals surface area (Å²) in [6, 6.07) is 0. The Hall–Kier alpha value is -0.0800. The monoisotopic (exact) mass is 199 g/mol. The van der Waals surface area contributed by atoms with E-state index in [2.05, 4.69) is 18.7 Å². The van der Waals surface area contributed by atoms with E-state index in [9.17, 15) is 5.11 Å². The Bertz CT molecular complexity index is 156. The Kier molecular flexibility index (Phi) is 4.90. The fourth-order valence-electron chi connectivity index (χ4n) is 2.18. The van der Waals surface area contributed by atoms with Gasteiger partial charge in [-0.2, -0.15) is 0 Å². The third-order valence-electron chi connectivity index (χ3n) is 3.25. The third-order valence-corrected chi connectivity index (χ3v) is 3.25. The number of hydrogen-bond donors (Lipinski definition) is 1. The molecule has 1 rings (SSSR count). The first-order valence-corrected chi connectivity index (χ1v) is 6.00. The third kappa shape index (κ3) is 3.97. The predicted molar refractivity (Wildman–Crippen MR) is 60.3 cm³/mol. The maximum absolute atomic E-state index is 9.46. The highest BCUT2D eigenvalue weighted by Crippen LogP contribution is 2.20. The molecule has 2 nitrogen and oxygen atoms in total. The zero-order valence-corrected chi connectivity index (χ0v) is 9.87. The number of rotatable bonds is 5. The lowest BCUT2D eigenvalue weighted by Gasteiger charge is -2.17. The molecule has 1 fully saturated rings. The number of nitrogens with zero attached hydrogens (tertiary/aromatic N) is 1. The second-order valence-electron chi connectivity index (χ2n) is 5.13. The molecule has 1 aliphatic heterocycles. The molecule has 0 radical (unpaired) electrons. The number of likely N-dealkylation sites (tertiary alicyclic amines) is 1. The molecule has 0 saturated carbocycles. The average Bonchev–Trinajstić information content (AvgIpc) is 2.52. The Morgan fingerprint density at radius 3 is 2.57 bits per heavy atom. The van der Waals surface area contributed by atoms with Crippen LogP contribution in [-0.4, -0.2) is 35.7 Å². The standard InChI is InChI=1S/C12H25NO/c1-10(2)5-4-7-13-8-6-12(9-13)11(3)14/h10-12,14H,4-9H2,1-3H3. The molecule has 1 heterocycles. The summed E-state index contributed by atoms with van der Waals surface area (Å²) >= 11 is 0. The Morgan fingerprint density at radius 1 is 1.36 bits per heavy atom. The van der Waals surface area contributed by atoms with E-state index < -0.39 is 0 Å². The first kappa shape index (κ1) is 12.0. The smallest absolute Gasteiger partial charge is 0.0552 e. The molecule has 84 valence electrons. The van der Waals surface area contributed by atoms with Gasteiger partial charge in [-0.05, 0) is 51.1 Å². The number of hydrogen-bond acceptors (Lipinski definition) is 2. The number of aliphatic hydroxyl groups is 1. The molecule has 14 heavy (non-hydrogen) atoms. The highest BCUT2D eigenvalue weighted by molar-refractivity contribution is 4.78. The van der Waals surface area contributed by atoms with Crippen LogP contribution in [0.25, 0.3) is 0 Å². The molecule has 0 aromatic heterocycles. The van der Waals surface area contributed by atoms with Crippen molar-refractivity contribution in [2.45, 2.75) is 46.1 Å². The van der Waals surface area contributed by atoms with Gasteiger partial charge in [-0.15, -0.1) is 0 Å². The van der Waals surface area contributed by atoms with Gasteiger partial charge in [-0.1, -0.05) is 13.8 Å². The summed E-state index contributed by atoms with van der Waals surface area (Å²) in [5.74, 6) is 1.35. The van der Waals surface area contributed by atoms with Crippen LogP contribution in [0.3, 0.4) is 0 Å². The Labute approximate surface area is 88.3 Å². The quantitative estimate of drug-likeness (QED) is 0.733. The minimum atomic E-state index is -0.120. The van der Waals surface area contributed by atoms with Crippen molar-refractivity contribution in [1.29, 1.82) is 0 Å². The van der Waals surface area contributed by atoms with E-state index in [0.717, 1.165) is 12.5 Å². The Balaban J connectivity index is 2.10. The summed E-state index contributed by atoms with van der Waals surface area (Å²) < 4.78 is 0. The lowest BCUT2D eigenvalue weighted by molar-refractivity contribution is 0.127. The fourth-order valence-corrected chi connectivity index (χ4v) is 2.18. The van der Waals surface area contributed by atoms with Gasteiger partial charge in [-0.3, -0.25) is 0 Å². The van der Waals surface area contributed by atoms with Crippen molar-refractivity contribution in [2.24, 2.45) is 11.8 Å². The normalized spacial score (nSPS) is 25.9. The molecule has 0 bridgehead atoms. The second-order valence-corrected chi connectivity index (χ2v) is 5.13. The van der Waals surface area contributed by atoms with Gasteiger partial charge < -0.3 is 10.0 Å². The fraction of sp³-hybridized carbons (Fsp3) is 1.00. The summed E-state index contributed by atoms with van der Waals surface area (Å²) in [4.78, 5) is 2.50. The van der Waals surface area contributed by atoms with Crippen LogP contribution < -0.4 is 0 Å². The van der Waals surface area contributed by atoms with Gasteiger partial charge in [0, 0.05) is 6.54 Å². The van der Waals surface area contributed by atoms with E-state index in [-0.39, 0.29) is 6.10 Å². The van der Waals surface area contributed by atoms with Crippen molar-refractivity contribution in [1.82, 2.24) is 4.90 Å². The van der Waals surface area contributed by atoms with Crippen molar-refractivity contribution >= 4 is 0 Å². The highest BCUT2D eigenvalue weighted by atomic mass is 16.3. The van der Waals surface area contributed by atoms with E-state index in [4.69, 9.17) is 0 Å². The van der Waals surface area contributed by atoms with Crippen LogP contribution in [0.4, 0.5) is 0 Å². The molecule has 0 spiro atoms. The summed E-state index contributed by atoms with van der Waals surface area (Å²) in [7, 11) is 0. The summed E-state index contributed by atoms with van der Waals surface area (Å²) in [6.45, 7) is 10.00. The van der Waals surface area contributed by atoms with Crippen molar-refractivity contribution in [2.75, 3.05) is 19.6 Å². The van der Waals surface area contributed by atoms with Gasteiger partial charge in [0.15, 0.2) is 0 Å². The highest BCUT2D eigenvalue weighted by Gasteiger charge is 2.25. The molecular formula is C12H25NO. The molecule has 2 atom stereocenters. The van der Waals surface area contributed by atoms with Crippen molar-refractivity contribution in [3.05, 3.63) is 0 Å². The molecule has 1 N–H and O–H groups in total. The first-order chi connectivity index (χ1) is 6.59. The van der Waals surface area contributed by atoms with Gasteiger partial charge in [0.05, 0.1) is 6.10 Å². The predicted octanol–water partition coefficient (Wildman–Crippen LogP) is 2.13. The van der Waals surface area contributed by atoms with Crippen LogP contribution in [0.1, 0.15) is 40.0 Å². The van der Waals surface area contributed by atoms with Gasteiger partial charge in [-0.25, -0.2) is 0 Å². The van der Waals surface area contributed by atoms with Crippen molar-refractivity contribution in [3.8, 4) is 0 Å². The van der Waals surface area contributed by atoms with Crippen LogP contribution in [0, 0.1) is 11.8 Å². The van der Waals surface area contributed by atoms with E-state index in [1.807, 2.05) is 6.92 Å². The van der Waals surface area contributed by atoms with E-state index in [1.165, 1.54) is 32.4 Å². The van der Waals surface area contributed by atoms with Crippen LogP contribution in [0.15, 0.2) is 0 Å². The summed E-state index contributed by atoms with van der Waals surface area (Å²) in [5, 5.41) is 9.46. The second kappa shape index (κ2) is 5.72. The largest absolute Gasteiger partial charge is 0.393 e. The lowest BCUT2D eigenvalue weighted by atomic mass is 10.0. The zero-order valence-electron chi connectivity index (χ0n) is 9.87. The maximum atomic E-state index is 9.46. The molecule has 0 aromatic carbocycles. The topological polar surface area (TPSA) is 23.5 Å². The van der Waals surface area contributed by atoms with E-state index >= 15 is 0 Å². The van der Waals surface area contributed by atoms with Crippen molar-refractivity contribution < 1.29 is 5.11 Å². The van der Waals surface area contributed by atoms with Crippen LogP contribution in [0.2, 0.25) is 0 Å². The van der Waals surface area contributed by atoms with Crippen LogP contribution >= 0.6 is 0 Å². The van der Waals surface area contributed by atoms with Gasteiger partial charge in [0.25, 0.3) is 0 Å².